The van der Waals surface area contributed by atoms with Gasteiger partial charge < -0.3 is 14.8 Å². The predicted molar refractivity (Wildman–Crippen MR) is 116 cm³/mol. The second-order valence-electron chi connectivity index (χ2n) is 7.48. The van der Waals surface area contributed by atoms with E-state index in [0.717, 1.165) is 16.8 Å². The number of ether oxygens (including phenoxy) is 2. The van der Waals surface area contributed by atoms with Gasteiger partial charge in [-0.3, -0.25) is 4.79 Å². The summed E-state index contributed by atoms with van der Waals surface area (Å²) in [5.74, 6) is 0.0858. The lowest BCUT2D eigenvalue weighted by molar-refractivity contribution is -0.120. The Morgan fingerprint density at radius 2 is 1.80 bits per heavy atom. The summed E-state index contributed by atoms with van der Waals surface area (Å²) >= 11 is 0. The molecule has 1 amide bonds. The van der Waals surface area contributed by atoms with Crippen LogP contribution in [0.1, 0.15) is 24.0 Å². The fourth-order valence-corrected chi connectivity index (χ4v) is 5.43. The lowest BCUT2D eigenvalue weighted by Crippen LogP contribution is -2.43. The quantitative estimate of drug-likeness (QED) is 0.757. The van der Waals surface area contributed by atoms with E-state index in [1.54, 1.807) is 12.1 Å². The highest BCUT2D eigenvalue weighted by Crippen LogP contribution is 2.33. The molecule has 0 aliphatic carbocycles. The van der Waals surface area contributed by atoms with Crippen molar-refractivity contribution >= 4 is 21.6 Å². The van der Waals surface area contributed by atoms with Crippen LogP contribution in [-0.2, 0) is 14.8 Å². The molecule has 0 saturated carbocycles. The van der Waals surface area contributed by atoms with Gasteiger partial charge in [0.2, 0.25) is 15.9 Å². The maximum Gasteiger partial charge on any atom is 0.246 e. The first-order valence-corrected chi connectivity index (χ1v) is 11.3. The van der Waals surface area contributed by atoms with Crippen molar-refractivity contribution in [3.8, 4) is 11.5 Å². The van der Waals surface area contributed by atoms with Crippen LogP contribution < -0.4 is 14.8 Å². The molecule has 0 aromatic heterocycles. The molecule has 1 fully saturated rings. The largest absolute Gasteiger partial charge is 0.497 e. The summed E-state index contributed by atoms with van der Waals surface area (Å²) < 4.78 is 38.5. The first kappa shape index (κ1) is 22.1. The minimum Gasteiger partial charge on any atom is -0.497 e. The number of piperidine rings is 1. The summed E-state index contributed by atoms with van der Waals surface area (Å²) in [6.07, 6.45) is 1.24. The number of carbonyl (C=O) groups excluding carboxylic acids is 1. The van der Waals surface area contributed by atoms with Crippen LogP contribution in [0.3, 0.4) is 0 Å². The van der Waals surface area contributed by atoms with E-state index in [9.17, 15) is 13.2 Å². The summed E-state index contributed by atoms with van der Waals surface area (Å²) in [6.45, 7) is 4.36. The standard InChI is InChI=1S/C22H28N2O5S/c1-15-7-5-8-16(2)21(15)23-22(25)17-9-6-12-24(14-17)30(26,27)20-13-18(28-3)10-11-19(20)29-4/h5,7-8,10-11,13,17H,6,9,12,14H2,1-4H3,(H,23,25)/t17-/m0/s1. The van der Waals surface area contributed by atoms with Crippen LogP contribution >= 0.6 is 0 Å². The number of nitrogens with one attached hydrogen (secondary N) is 1. The van der Waals surface area contributed by atoms with Crippen molar-refractivity contribution in [1.82, 2.24) is 4.31 Å². The second kappa shape index (κ2) is 9.06. The Morgan fingerprint density at radius 1 is 1.10 bits per heavy atom. The van der Waals surface area contributed by atoms with Gasteiger partial charge in [0.1, 0.15) is 16.4 Å². The van der Waals surface area contributed by atoms with E-state index in [1.165, 1.54) is 24.6 Å². The maximum atomic E-state index is 13.3. The normalized spacial score (nSPS) is 17.4. The molecule has 30 heavy (non-hydrogen) atoms. The average Bonchev–Trinajstić information content (AvgIpc) is 2.75. The molecule has 0 bridgehead atoms. The molecule has 0 unspecified atom stereocenters. The van der Waals surface area contributed by atoms with E-state index in [-0.39, 0.29) is 23.1 Å². The molecule has 162 valence electrons. The molecular formula is C22H28N2O5S. The van der Waals surface area contributed by atoms with Gasteiger partial charge >= 0.3 is 0 Å². The average molecular weight is 433 g/mol. The summed E-state index contributed by atoms with van der Waals surface area (Å²) in [5, 5.41) is 3.00. The molecule has 0 spiro atoms. The molecular weight excluding hydrogens is 404 g/mol. The first-order chi connectivity index (χ1) is 14.3. The van der Waals surface area contributed by atoms with Gasteiger partial charge in [-0.05, 0) is 49.9 Å². The fraction of sp³-hybridized carbons (Fsp3) is 0.409. The van der Waals surface area contributed by atoms with E-state index >= 15 is 0 Å². The van der Waals surface area contributed by atoms with Crippen LogP contribution in [0.4, 0.5) is 5.69 Å². The number of nitrogens with zero attached hydrogens (tertiary/aromatic N) is 1. The van der Waals surface area contributed by atoms with Crippen LogP contribution in [0.15, 0.2) is 41.3 Å². The number of para-hydroxylation sites is 1. The molecule has 2 aromatic rings. The van der Waals surface area contributed by atoms with Crippen LogP contribution in [-0.4, -0.2) is 45.9 Å². The topological polar surface area (TPSA) is 84.9 Å². The Labute approximate surface area is 178 Å². The predicted octanol–water partition coefficient (Wildman–Crippen LogP) is 3.36. The van der Waals surface area contributed by atoms with Gasteiger partial charge in [-0.25, -0.2) is 8.42 Å². The van der Waals surface area contributed by atoms with Crippen molar-refractivity contribution < 1.29 is 22.7 Å². The molecule has 1 N–H and O–H groups in total. The summed E-state index contributed by atoms with van der Waals surface area (Å²) in [4.78, 5) is 13.0. The van der Waals surface area contributed by atoms with Gasteiger partial charge in [0.15, 0.2) is 0 Å². The Kier molecular flexibility index (Phi) is 6.67. The smallest absolute Gasteiger partial charge is 0.246 e. The number of hydrogen-bond donors (Lipinski definition) is 1. The van der Waals surface area contributed by atoms with E-state index in [2.05, 4.69) is 5.32 Å². The molecule has 1 heterocycles. The minimum absolute atomic E-state index is 0.0418. The molecule has 1 aliphatic heterocycles. The van der Waals surface area contributed by atoms with Crippen molar-refractivity contribution in [2.24, 2.45) is 5.92 Å². The molecule has 7 nitrogen and oxygen atoms in total. The lowest BCUT2D eigenvalue weighted by atomic mass is 9.98. The van der Waals surface area contributed by atoms with Crippen molar-refractivity contribution in [3.05, 3.63) is 47.5 Å². The number of aryl methyl sites for hydroxylation is 2. The fourth-order valence-electron chi connectivity index (χ4n) is 3.74. The zero-order valence-electron chi connectivity index (χ0n) is 17.8. The first-order valence-electron chi connectivity index (χ1n) is 9.87. The third-order valence-electron chi connectivity index (χ3n) is 5.47. The molecule has 1 atom stereocenters. The van der Waals surface area contributed by atoms with E-state index in [0.29, 0.717) is 25.1 Å². The van der Waals surface area contributed by atoms with Gasteiger partial charge in [0, 0.05) is 24.8 Å². The van der Waals surface area contributed by atoms with Crippen molar-refractivity contribution in [2.45, 2.75) is 31.6 Å². The third-order valence-corrected chi connectivity index (χ3v) is 7.36. The number of sulfonamides is 1. The number of hydrogen-bond acceptors (Lipinski definition) is 5. The minimum atomic E-state index is -3.84. The van der Waals surface area contributed by atoms with Crippen molar-refractivity contribution in [2.75, 3.05) is 32.6 Å². The highest BCUT2D eigenvalue weighted by atomic mass is 32.2. The summed E-state index contributed by atoms with van der Waals surface area (Å²) in [7, 11) is -0.937. The van der Waals surface area contributed by atoms with Crippen LogP contribution in [0, 0.1) is 19.8 Å². The number of methoxy groups -OCH3 is 2. The Morgan fingerprint density at radius 3 is 2.43 bits per heavy atom. The molecule has 1 saturated heterocycles. The monoisotopic (exact) mass is 432 g/mol. The zero-order chi connectivity index (χ0) is 21.9. The van der Waals surface area contributed by atoms with Crippen molar-refractivity contribution in [1.29, 1.82) is 0 Å². The van der Waals surface area contributed by atoms with Crippen LogP contribution in [0.5, 0.6) is 11.5 Å². The molecule has 1 aliphatic rings. The van der Waals surface area contributed by atoms with Crippen LogP contribution in [0.25, 0.3) is 0 Å². The van der Waals surface area contributed by atoms with Gasteiger partial charge in [0.05, 0.1) is 20.1 Å². The van der Waals surface area contributed by atoms with Gasteiger partial charge in [0.25, 0.3) is 0 Å². The molecule has 2 aromatic carbocycles. The summed E-state index contributed by atoms with van der Waals surface area (Å²) in [6, 6.07) is 10.5. The third kappa shape index (κ3) is 4.44. The highest BCUT2D eigenvalue weighted by Gasteiger charge is 2.35. The maximum absolute atomic E-state index is 13.3. The number of anilines is 1. The Bertz CT molecular complexity index is 1020. The second-order valence-corrected chi connectivity index (χ2v) is 9.38. The zero-order valence-corrected chi connectivity index (χ0v) is 18.6. The Hall–Kier alpha value is -2.58. The Balaban J connectivity index is 1.83. The molecule has 3 rings (SSSR count). The molecule has 8 heteroatoms. The van der Waals surface area contributed by atoms with Gasteiger partial charge in [-0.1, -0.05) is 18.2 Å². The lowest BCUT2D eigenvalue weighted by Gasteiger charge is -2.31. The number of amides is 1. The summed E-state index contributed by atoms with van der Waals surface area (Å²) in [5.41, 5.74) is 2.74. The van der Waals surface area contributed by atoms with E-state index < -0.39 is 15.9 Å². The van der Waals surface area contributed by atoms with Crippen molar-refractivity contribution in [3.63, 3.8) is 0 Å². The molecule has 0 radical (unpaired) electrons. The number of carbonyl (C=O) groups is 1. The van der Waals surface area contributed by atoms with E-state index in [1.807, 2.05) is 32.0 Å². The van der Waals surface area contributed by atoms with Crippen LogP contribution in [0.2, 0.25) is 0 Å². The number of rotatable bonds is 6. The van der Waals surface area contributed by atoms with Gasteiger partial charge in [-0.15, -0.1) is 0 Å². The van der Waals surface area contributed by atoms with E-state index in [4.69, 9.17) is 9.47 Å². The SMILES string of the molecule is COc1ccc(OC)c(S(=O)(=O)N2CCC[C@H](C(=O)Nc3c(C)cccc3C)C2)c1. The van der Waals surface area contributed by atoms with Gasteiger partial charge in [-0.2, -0.15) is 4.31 Å². The number of benzene rings is 2. The highest BCUT2D eigenvalue weighted by molar-refractivity contribution is 7.89.